The summed E-state index contributed by atoms with van der Waals surface area (Å²) in [5.41, 5.74) is 6.58. The Morgan fingerprint density at radius 3 is 2.48 bits per heavy atom. The summed E-state index contributed by atoms with van der Waals surface area (Å²) in [4.78, 5) is 9.33. The van der Waals surface area contributed by atoms with E-state index in [1.807, 2.05) is 12.3 Å². The van der Waals surface area contributed by atoms with Crippen LogP contribution in [0.2, 0.25) is 0 Å². The van der Waals surface area contributed by atoms with Crippen LogP contribution in [0.1, 0.15) is 33.6 Å². The molecule has 1 aromatic rings. The van der Waals surface area contributed by atoms with Gasteiger partial charge >= 0.3 is 0 Å². The Labute approximate surface area is 129 Å². The molecule has 4 nitrogen and oxygen atoms in total. The van der Waals surface area contributed by atoms with E-state index in [0.717, 1.165) is 51.4 Å². The second kappa shape index (κ2) is 7.23. The van der Waals surface area contributed by atoms with Crippen molar-refractivity contribution < 1.29 is 0 Å². The first-order valence-corrected chi connectivity index (χ1v) is 8.08. The van der Waals surface area contributed by atoms with E-state index < -0.39 is 0 Å². The van der Waals surface area contributed by atoms with Crippen LogP contribution in [0.15, 0.2) is 24.4 Å². The topological polar surface area (TPSA) is 45.4 Å². The summed E-state index contributed by atoms with van der Waals surface area (Å²) in [6, 6.07) is 6.43. The van der Waals surface area contributed by atoms with Gasteiger partial charge in [0, 0.05) is 38.4 Å². The molecule has 1 unspecified atom stereocenters. The highest BCUT2D eigenvalue weighted by atomic mass is 15.3. The second-order valence-electron chi connectivity index (χ2n) is 7.33. The maximum absolute atomic E-state index is 6.25. The summed E-state index contributed by atoms with van der Waals surface area (Å²) in [5.74, 6) is 1.10. The zero-order valence-electron chi connectivity index (χ0n) is 13.8. The molecule has 0 aliphatic carbocycles. The molecule has 2 N–H and O–H groups in total. The summed E-state index contributed by atoms with van der Waals surface area (Å²) in [5, 5.41) is 0. The highest BCUT2D eigenvalue weighted by molar-refractivity contribution is 5.38. The van der Waals surface area contributed by atoms with Crippen LogP contribution in [-0.2, 0) is 0 Å². The van der Waals surface area contributed by atoms with E-state index >= 15 is 0 Å². The average Bonchev–Trinajstić information content (AvgIpc) is 2.45. The minimum Gasteiger partial charge on any atom is -0.354 e. The lowest BCUT2D eigenvalue weighted by atomic mass is 9.87. The summed E-state index contributed by atoms with van der Waals surface area (Å²) in [6.07, 6.45) is 4.06. The van der Waals surface area contributed by atoms with Crippen molar-refractivity contribution in [3.8, 4) is 0 Å². The van der Waals surface area contributed by atoms with Crippen molar-refractivity contribution in [1.82, 2.24) is 9.88 Å². The highest BCUT2D eigenvalue weighted by Crippen LogP contribution is 2.21. The third-order valence-electron chi connectivity index (χ3n) is 4.04. The fourth-order valence-electron chi connectivity index (χ4n) is 2.98. The van der Waals surface area contributed by atoms with Gasteiger partial charge in [-0.15, -0.1) is 0 Å². The normalized spacial score (nSPS) is 18.8. The largest absolute Gasteiger partial charge is 0.354 e. The smallest absolute Gasteiger partial charge is 0.128 e. The fraction of sp³-hybridized carbons (Fsp3) is 0.706. The van der Waals surface area contributed by atoms with Gasteiger partial charge in [-0.2, -0.15) is 0 Å². The van der Waals surface area contributed by atoms with Gasteiger partial charge in [-0.05, 0) is 36.9 Å². The third-order valence-corrected chi connectivity index (χ3v) is 4.04. The number of hydrogen-bond acceptors (Lipinski definition) is 4. The van der Waals surface area contributed by atoms with Crippen LogP contribution in [-0.4, -0.2) is 48.6 Å². The van der Waals surface area contributed by atoms with Crippen LogP contribution in [0.25, 0.3) is 0 Å². The minimum atomic E-state index is 0.318. The van der Waals surface area contributed by atoms with Crippen LogP contribution in [0.3, 0.4) is 0 Å². The third kappa shape index (κ3) is 5.64. The van der Waals surface area contributed by atoms with Crippen LogP contribution in [0.4, 0.5) is 5.82 Å². The quantitative estimate of drug-likeness (QED) is 0.904. The molecule has 1 aliphatic heterocycles. The fourth-order valence-corrected chi connectivity index (χ4v) is 2.98. The molecule has 4 heteroatoms. The first-order chi connectivity index (χ1) is 9.94. The van der Waals surface area contributed by atoms with Crippen molar-refractivity contribution >= 4 is 5.82 Å². The molecule has 1 fully saturated rings. The van der Waals surface area contributed by atoms with Crippen molar-refractivity contribution in [2.75, 3.05) is 37.6 Å². The van der Waals surface area contributed by atoms with Crippen LogP contribution >= 0.6 is 0 Å². The Bertz CT molecular complexity index is 405. The maximum atomic E-state index is 6.25. The lowest BCUT2D eigenvalue weighted by Crippen LogP contribution is -2.47. The molecule has 1 atom stereocenters. The monoisotopic (exact) mass is 290 g/mol. The standard InChI is InChI=1S/C17H30N4/c1-17(2,3)14-15(18)7-9-20-10-12-21(13-11-20)16-6-4-5-8-19-16/h4-6,8,15H,7,9-14,18H2,1-3H3. The van der Waals surface area contributed by atoms with Crippen molar-refractivity contribution in [3.05, 3.63) is 24.4 Å². The Kier molecular flexibility index (Phi) is 5.59. The first kappa shape index (κ1) is 16.2. The van der Waals surface area contributed by atoms with Gasteiger partial charge in [0.05, 0.1) is 0 Å². The first-order valence-electron chi connectivity index (χ1n) is 8.08. The lowest BCUT2D eigenvalue weighted by Gasteiger charge is -2.36. The highest BCUT2D eigenvalue weighted by Gasteiger charge is 2.20. The summed E-state index contributed by atoms with van der Waals surface area (Å²) in [7, 11) is 0. The zero-order valence-corrected chi connectivity index (χ0v) is 13.8. The molecule has 1 saturated heterocycles. The van der Waals surface area contributed by atoms with Gasteiger partial charge in [0.1, 0.15) is 5.82 Å². The molecule has 0 saturated carbocycles. The summed E-state index contributed by atoms with van der Waals surface area (Å²) in [6.45, 7) is 12.2. The molecule has 2 rings (SSSR count). The van der Waals surface area contributed by atoms with E-state index in [0.29, 0.717) is 11.5 Å². The van der Waals surface area contributed by atoms with Crippen LogP contribution in [0.5, 0.6) is 0 Å². The molecular formula is C17H30N4. The number of hydrogen-bond donors (Lipinski definition) is 1. The van der Waals surface area contributed by atoms with Gasteiger partial charge < -0.3 is 10.6 Å². The Balaban J connectivity index is 1.70. The van der Waals surface area contributed by atoms with Gasteiger partial charge in [-0.1, -0.05) is 26.8 Å². The van der Waals surface area contributed by atoms with Crippen LogP contribution in [0, 0.1) is 5.41 Å². The number of aromatic nitrogens is 1. The molecule has 0 spiro atoms. The SMILES string of the molecule is CC(C)(C)CC(N)CCN1CCN(c2ccccn2)CC1. The molecule has 0 radical (unpaired) electrons. The van der Waals surface area contributed by atoms with E-state index in [1.54, 1.807) is 0 Å². The molecule has 1 aromatic heterocycles. The summed E-state index contributed by atoms with van der Waals surface area (Å²) >= 11 is 0. The molecule has 0 amide bonds. The molecule has 0 bridgehead atoms. The van der Waals surface area contributed by atoms with Crippen molar-refractivity contribution in [2.45, 2.75) is 39.7 Å². The molecule has 118 valence electrons. The predicted octanol–water partition coefficient (Wildman–Crippen LogP) is 2.36. The maximum Gasteiger partial charge on any atom is 0.128 e. The van der Waals surface area contributed by atoms with Crippen molar-refractivity contribution in [2.24, 2.45) is 11.1 Å². The number of nitrogens with two attached hydrogens (primary N) is 1. The summed E-state index contributed by atoms with van der Waals surface area (Å²) < 4.78 is 0. The van der Waals surface area contributed by atoms with Crippen molar-refractivity contribution in [1.29, 1.82) is 0 Å². The van der Waals surface area contributed by atoms with E-state index in [4.69, 9.17) is 5.73 Å². The van der Waals surface area contributed by atoms with E-state index in [9.17, 15) is 0 Å². The van der Waals surface area contributed by atoms with Gasteiger partial charge in [-0.25, -0.2) is 4.98 Å². The number of rotatable bonds is 5. The van der Waals surface area contributed by atoms with Crippen molar-refractivity contribution in [3.63, 3.8) is 0 Å². The van der Waals surface area contributed by atoms with Gasteiger partial charge in [0.15, 0.2) is 0 Å². The second-order valence-corrected chi connectivity index (χ2v) is 7.33. The zero-order chi connectivity index (χ0) is 15.3. The molecule has 21 heavy (non-hydrogen) atoms. The Morgan fingerprint density at radius 2 is 1.90 bits per heavy atom. The molecular weight excluding hydrogens is 260 g/mol. The number of pyridine rings is 1. The van der Waals surface area contributed by atoms with Gasteiger partial charge in [0.25, 0.3) is 0 Å². The number of anilines is 1. The van der Waals surface area contributed by atoms with E-state index in [1.165, 1.54) is 0 Å². The predicted molar refractivity (Wildman–Crippen MR) is 89.6 cm³/mol. The Hall–Kier alpha value is -1.13. The lowest BCUT2D eigenvalue weighted by molar-refractivity contribution is 0.235. The van der Waals surface area contributed by atoms with E-state index in [2.05, 4.69) is 47.7 Å². The van der Waals surface area contributed by atoms with E-state index in [-0.39, 0.29) is 0 Å². The molecule has 2 heterocycles. The average molecular weight is 290 g/mol. The Morgan fingerprint density at radius 1 is 1.19 bits per heavy atom. The van der Waals surface area contributed by atoms with Gasteiger partial charge in [-0.3, -0.25) is 4.90 Å². The minimum absolute atomic E-state index is 0.318. The number of piperazine rings is 1. The van der Waals surface area contributed by atoms with Crippen LogP contribution < -0.4 is 10.6 Å². The molecule has 0 aromatic carbocycles. The van der Waals surface area contributed by atoms with Gasteiger partial charge in [0.2, 0.25) is 0 Å². The molecule has 1 aliphatic rings. The number of nitrogens with zero attached hydrogens (tertiary/aromatic N) is 3.